The van der Waals surface area contributed by atoms with Gasteiger partial charge in [0.05, 0.1) is 18.3 Å². The van der Waals surface area contributed by atoms with E-state index in [4.69, 9.17) is 16.3 Å². The Bertz CT molecular complexity index is 1260. The number of aromatic nitrogens is 2. The molecule has 4 aromatic rings. The number of benzene rings is 3. The second kappa shape index (κ2) is 8.17. The highest BCUT2D eigenvalue weighted by Gasteiger charge is 2.43. The van der Waals surface area contributed by atoms with Crippen molar-refractivity contribution in [2.75, 3.05) is 11.5 Å². The molecule has 2 heterocycles. The van der Waals surface area contributed by atoms with E-state index < -0.39 is 0 Å². The number of anilines is 1. The Kier molecular flexibility index (Phi) is 5.19. The largest absolute Gasteiger partial charge is 0.494 e. The lowest BCUT2D eigenvalue weighted by Crippen LogP contribution is -2.29. The first kappa shape index (κ1) is 20.3. The maximum absolute atomic E-state index is 13.5. The Morgan fingerprint density at radius 3 is 2.34 bits per heavy atom. The number of amides is 1. The number of carbonyl (C=O) groups excluding carboxylic acids is 1. The Labute approximate surface area is 191 Å². The molecule has 0 radical (unpaired) electrons. The molecule has 0 spiro atoms. The second-order valence-corrected chi connectivity index (χ2v) is 8.22. The average Bonchev–Trinajstić information content (AvgIpc) is 3.35. The molecular formula is C26H22ClN3O2. The van der Waals surface area contributed by atoms with Gasteiger partial charge in [0.25, 0.3) is 5.91 Å². The van der Waals surface area contributed by atoms with E-state index in [9.17, 15) is 4.79 Å². The summed E-state index contributed by atoms with van der Waals surface area (Å²) in [5, 5.41) is 8.16. The van der Waals surface area contributed by atoms with Gasteiger partial charge in [0.2, 0.25) is 0 Å². The van der Waals surface area contributed by atoms with Crippen molar-refractivity contribution in [2.24, 2.45) is 0 Å². The number of hydrogen-bond acceptors (Lipinski definition) is 3. The molecule has 1 N–H and O–H groups in total. The fraction of sp³-hybridized carbons (Fsp3) is 0.154. The van der Waals surface area contributed by atoms with E-state index in [0.29, 0.717) is 17.3 Å². The van der Waals surface area contributed by atoms with Crippen molar-refractivity contribution in [3.05, 3.63) is 100 Å². The standard InChI is InChI=1S/C26H22ClN3O2/c1-3-32-21-14-8-18(9-15-21)25-22-23(17-6-10-19(27)11-7-17)28-29-24(22)26(31)30(25)20-12-4-16(2)5-13-20/h4-15,25H,3H2,1-2H3,(H,28,29). The number of fused-ring (bicyclic) bond motifs is 1. The smallest absolute Gasteiger partial charge is 0.277 e. The molecule has 32 heavy (non-hydrogen) atoms. The van der Waals surface area contributed by atoms with Gasteiger partial charge >= 0.3 is 0 Å². The molecule has 1 aliphatic heterocycles. The molecule has 1 unspecified atom stereocenters. The van der Waals surface area contributed by atoms with Gasteiger partial charge in [0.1, 0.15) is 11.4 Å². The van der Waals surface area contributed by atoms with E-state index in [0.717, 1.165) is 39.4 Å². The van der Waals surface area contributed by atoms with E-state index in [1.165, 1.54) is 0 Å². The van der Waals surface area contributed by atoms with Crippen molar-refractivity contribution in [2.45, 2.75) is 19.9 Å². The molecular weight excluding hydrogens is 422 g/mol. The maximum Gasteiger partial charge on any atom is 0.277 e. The van der Waals surface area contributed by atoms with Crippen LogP contribution in [0, 0.1) is 6.92 Å². The minimum absolute atomic E-state index is 0.101. The number of H-pyrrole nitrogens is 1. The van der Waals surface area contributed by atoms with Crippen LogP contribution in [0.2, 0.25) is 5.02 Å². The summed E-state index contributed by atoms with van der Waals surface area (Å²) < 4.78 is 5.62. The summed E-state index contributed by atoms with van der Waals surface area (Å²) in [7, 11) is 0. The van der Waals surface area contributed by atoms with Gasteiger partial charge in [-0.2, -0.15) is 5.10 Å². The fourth-order valence-corrected chi connectivity index (χ4v) is 4.30. The minimum atomic E-state index is -0.319. The average molecular weight is 444 g/mol. The van der Waals surface area contributed by atoms with E-state index in [1.54, 1.807) is 0 Å². The quantitative estimate of drug-likeness (QED) is 0.400. The lowest BCUT2D eigenvalue weighted by atomic mass is 9.95. The van der Waals surface area contributed by atoms with Crippen molar-refractivity contribution in [1.82, 2.24) is 10.2 Å². The molecule has 160 valence electrons. The van der Waals surface area contributed by atoms with Crippen LogP contribution in [0.4, 0.5) is 5.69 Å². The Morgan fingerprint density at radius 2 is 1.69 bits per heavy atom. The zero-order valence-corrected chi connectivity index (χ0v) is 18.6. The highest BCUT2D eigenvalue weighted by atomic mass is 35.5. The first-order valence-corrected chi connectivity index (χ1v) is 10.9. The highest BCUT2D eigenvalue weighted by molar-refractivity contribution is 6.30. The molecule has 0 aliphatic carbocycles. The van der Waals surface area contributed by atoms with Gasteiger partial charge in [0.15, 0.2) is 0 Å². The number of nitrogens with one attached hydrogen (secondary N) is 1. The van der Waals surface area contributed by atoms with Crippen LogP contribution < -0.4 is 9.64 Å². The summed E-state index contributed by atoms with van der Waals surface area (Å²) in [6, 6.07) is 23.1. The molecule has 0 fully saturated rings. The van der Waals surface area contributed by atoms with Gasteiger partial charge in [-0.25, -0.2) is 0 Å². The highest BCUT2D eigenvalue weighted by Crippen LogP contribution is 2.45. The van der Waals surface area contributed by atoms with Crippen LogP contribution in [0.15, 0.2) is 72.8 Å². The van der Waals surface area contributed by atoms with Gasteiger partial charge in [-0.1, -0.05) is 53.6 Å². The van der Waals surface area contributed by atoms with Crippen LogP contribution >= 0.6 is 11.6 Å². The number of aromatic amines is 1. The van der Waals surface area contributed by atoms with E-state index >= 15 is 0 Å². The summed E-state index contributed by atoms with van der Waals surface area (Å²) in [6.45, 7) is 4.59. The minimum Gasteiger partial charge on any atom is -0.494 e. The normalized spacial score (nSPS) is 15.2. The number of hydrogen-bond donors (Lipinski definition) is 1. The molecule has 1 aromatic heterocycles. The van der Waals surface area contributed by atoms with Crippen LogP contribution in [-0.2, 0) is 0 Å². The summed E-state index contributed by atoms with van der Waals surface area (Å²) >= 11 is 6.09. The summed E-state index contributed by atoms with van der Waals surface area (Å²) in [5.41, 5.74) is 5.99. The third kappa shape index (κ3) is 3.45. The molecule has 5 nitrogen and oxygen atoms in total. The van der Waals surface area contributed by atoms with Crippen molar-refractivity contribution in [3.8, 4) is 17.0 Å². The van der Waals surface area contributed by atoms with Crippen LogP contribution in [-0.4, -0.2) is 22.7 Å². The zero-order valence-electron chi connectivity index (χ0n) is 17.8. The lowest BCUT2D eigenvalue weighted by molar-refractivity contribution is 0.0989. The van der Waals surface area contributed by atoms with Gasteiger partial charge < -0.3 is 4.74 Å². The molecule has 1 amide bonds. The van der Waals surface area contributed by atoms with E-state index in [-0.39, 0.29) is 11.9 Å². The number of nitrogens with zero attached hydrogens (tertiary/aromatic N) is 2. The number of rotatable bonds is 5. The first-order valence-electron chi connectivity index (χ1n) is 10.5. The predicted octanol–water partition coefficient (Wildman–Crippen LogP) is 6.19. The topological polar surface area (TPSA) is 58.2 Å². The molecule has 6 heteroatoms. The molecule has 5 rings (SSSR count). The molecule has 3 aromatic carbocycles. The number of ether oxygens (including phenoxy) is 1. The third-order valence-electron chi connectivity index (χ3n) is 5.70. The Morgan fingerprint density at radius 1 is 1.00 bits per heavy atom. The predicted molar refractivity (Wildman–Crippen MR) is 126 cm³/mol. The van der Waals surface area contributed by atoms with Crippen LogP contribution in [0.3, 0.4) is 0 Å². The van der Waals surface area contributed by atoms with Crippen LogP contribution in [0.25, 0.3) is 11.3 Å². The van der Waals surface area contributed by atoms with Gasteiger partial charge in [0, 0.05) is 21.8 Å². The molecule has 0 saturated heterocycles. The molecule has 1 atom stereocenters. The first-order chi connectivity index (χ1) is 15.6. The lowest BCUT2D eigenvalue weighted by Gasteiger charge is -2.26. The molecule has 0 saturated carbocycles. The van der Waals surface area contributed by atoms with Gasteiger partial charge in [-0.05, 0) is 55.8 Å². The van der Waals surface area contributed by atoms with Gasteiger partial charge in [-0.3, -0.25) is 14.8 Å². The summed E-state index contributed by atoms with van der Waals surface area (Å²) in [4.78, 5) is 15.4. The Hall–Kier alpha value is -3.57. The fourth-order valence-electron chi connectivity index (χ4n) is 4.17. The molecule has 1 aliphatic rings. The van der Waals surface area contributed by atoms with Crippen molar-refractivity contribution in [3.63, 3.8) is 0 Å². The SMILES string of the molecule is CCOc1ccc(C2c3c(-c4ccc(Cl)cc4)n[nH]c3C(=O)N2c2ccc(C)cc2)cc1. The van der Waals surface area contributed by atoms with Crippen molar-refractivity contribution >= 4 is 23.2 Å². The van der Waals surface area contributed by atoms with E-state index in [1.807, 2.05) is 91.5 Å². The van der Waals surface area contributed by atoms with Gasteiger partial charge in [-0.15, -0.1) is 0 Å². The summed E-state index contributed by atoms with van der Waals surface area (Å²) in [5.74, 6) is 0.697. The van der Waals surface area contributed by atoms with Crippen LogP contribution in [0.1, 0.15) is 40.1 Å². The Balaban J connectivity index is 1.67. The molecule has 0 bridgehead atoms. The van der Waals surface area contributed by atoms with Crippen molar-refractivity contribution < 1.29 is 9.53 Å². The number of carbonyl (C=O) groups is 1. The summed E-state index contributed by atoms with van der Waals surface area (Å²) in [6.07, 6.45) is 0. The third-order valence-corrected chi connectivity index (χ3v) is 5.96. The number of halogens is 1. The zero-order chi connectivity index (χ0) is 22.2. The number of aryl methyl sites for hydroxylation is 1. The maximum atomic E-state index is 13.5. The van der Waals surface area contributed by atoms with Crippen molar-refractivity contribution in [1.29, 1.82) is 0 Å². The van der Waals surface area contributed by atoms with Crippen LogP contribution in [0.5, 0.6) is 5.75 Å². The monoisotopic (exact) mass is 443 g/mol. The second-order valence-electron chi connectivity index (χ2n) is 7.78. The van der Waals surface area contributed by atoms with E-state index in [2.05, 4.69) is 10.2 Å².